The number of halogens is 1. The molecule has 6 atom stereocenters. The average molecular weight is 572 g/mol. The Kier molecular flexibility index (Phi) is 9.27. The summed E-state index contributed by atoms with van der Waals surface area (Å²) in [6, 6.07) is 4.87. The summed E-state index contributed by atoms with van der Waals surface area (Å²) in [5.41, 5.74) is -3.94. The molecule has 6 unspecified atom stereocenters. The van der Waals surface area contributed by atoms with Gasteiger partial charge in [0, 0.05) is 12.3 Å². The second-order valence-corrected chi connectivity index (χ2v) is 11.8. The van der Waals surface area contributed by atoms with E-state index in [-0.39, 0.29) is 5.75 Å². The number of H-pyrrole nitrogens is 1. The summed E-state index contributed by atoms with van der Waals surface area (Å²) in [4.78, 5) is 38.0. The first-order chi connectivity index (χ1) is 17.8. The van der Waals surface area contributed by atoms with Crippen LogP contribution in [0, 0.1) is 18.2 Å². The van der Waals surface area contributed by atoms with Crippen molar-refractivity contribution in [2.45, 2.75) is 57.0 Å². The van der Waals surface area contributed by atoms with Gasteiger partial charge in [0.25, 0.3) is 5.56 Å². The number of hydrogen-bond donors (Lipinski definition) is 4. The third-order valence-electron chi connectivity index (χ3n) is 5.36. The molecule has 15 heteroatoms. The van der Waals surface area contributed by atoms with Crippen LogP contribution in [-0.2, 0) is 30.6 Å². The minimum Gasteiger partial charge on any atom is -0.462 e. The zero-order valence-electron chi connectivity index (χ0n) is 20.6. The molecule has 38 heavy (non-hydrogen) atoms. The number of aromatic nitrogens is 2. The van der Waals surface area contributed by atoms with Gasteiger partial charge in [-0.1, -0.05) is 5.92 Å². The van der Waals surface area contributed by atoms with Crippen molar-refractivity contribution in [3.63, 3.8) is 0 Å². The van der Waals surface area contributed by atoms with Gasteiger partial charge in [0.15, 0.2) is 11.8 Å². The van der Waals surface area contributed by atoms with Crippen molar-refractivity contribution in [2.24, 2.45) is 0 Å². The number of esters is 1. The SMILES string of the molecule is C#CC1(O)C(COP(=S)(NC(C)C(=O)OC(C)C)Oc2ccc(F)cc2)OC(n2ccc(=O)[nH]c2=O)C1O. The molecule has 0 amide bonds. The van der Waals surface area contributed by atoms with E-state index in [1.807, 2.05) is 4.98 Å². The molecule has 0 spiro atoms. The Labute approximate surface area is 221 Å². The smallest absolute Gasteiger partial charge is 0.330 e. The van der Waals surface area contributed by atoms with Crippen LogP contribution < -0.4 is 20.9 Å². The lowest BCUT2D eigenvalue weighted by molar-refractivity contribution is -0.149. The quantitative estimate of drug-likeness (QED) is 0.179. The predicted molar refractivity (Wildman–Crippen MR) is 136 cm³/mol. The first-order valence-electron chi connectivity index (χ1n) is 11.3. The summed E-state index contributed by atoms with van der Waals surface area (Å²) < 4.78 is 36.7. The second kappa shape index (κ2) is 11.9. The molecule has 1 fully saturated rings. The molecule has 12 nitrogen and oxygen atoms in total. The summed E-state index contributed by atoms with van der Waals surface area (Å²) in [6.07, 6.45) is 1.42. The summed E-state index contributed by atoms with van der Waals surface area (Å²) in [5.74, 6) is 1.00. The molecule has 3 rings (SSSR count). The number of aliphatic hydroxyl groups is 2. The number of rotatable bonds is 10. The van der Waals surface area contributed by atoms with E-state index in [0.29, 0.717) is 0 Å². The molecule has 1 aromatic heterocycles. The van der Waals surface area contributed by atoms with Gasteiger partial charge in [-0.3, -0.25) is 19.1 Å². The fraction of sp³-hybridized carbons (Fsp3) is 0.435. The number of aliphatic hydroxyl groups excluding tert-OH is 1. The number of carbonyl (C=O) groups excluding carboxylic acids is 1. The van der Waals surface area contributed by atoms with Crippen LogP contribution in [0.5, 0.6) is 5.75 Å². The van der Waals surface area contributed by atoms with Crippen LogP contribution in [0.4, 0.5) is 4.39 Å². The summed E-state index contributed by atoms with van der Waals surface area (Å²) in [5, 5.41) is 24.5. The van der Waals surface area contributed by atoms with Crippen molar-refractivity contribution in [3.8, 4) is 18.1 Å². The Morgan fingerprint density at radius 3 is 2.58 bits per heavy atom. The Bertz CT molecular complexity index is 1360. The van der Waals surface area contributed by atoms with Gasteiger partial charge in [0.2, 0.25) is 0 Å². The van der Waals surface area contributed by atoms with E-state index in [0.717, 1.165) is 29.0 Å². The van der Waals surface area contributed by atoms with Gasteiger partial charge < -0.3 is 28.7 Å². The van der Waals surface area contributed by atoms with Crippen LogP contribution in [0.1, 0.15) is 27.0 Å². The molecule has 2 heterocycles. The maximum atomic E-state index is 13.4. The lowest BCUT2D eigenvalue weighted by Crippen LogP contribution is -2.49. The molecule has 1 saturated heterocycles. The van der Waals surface area contributed by atoms with Gasteiger partial charge in [-0.2, -0.15) is 0 Å². The zero-order valence-corrected chi connectivity index (χ0v) is 22.3. The molecule has 0 aliphatic carbocycles. The van der Waals surface area contributed by atoms with Crippen molar-refractivity contribution in [1.29, 1.82) is 0 Å². The van der Waals surface area contributed by atoms with Crippen LogP contribution in [0.2, 0.25) is 0 Å². The highest BCUT2D eigenvalue weighted by atomic mass is 32.5. The van der Waals surface area contributed by atoms with Crippen LogP contribution >= 0.6 is 6.64 Å². The van der Waals surface area contributed by atoms with E-state index < -0.39 is 72.5 Å². The number of carbonyl (C=O) groups is 1. The minimum absolute atomic E-state index is 0.115. The van der Waals surface area contributed by atoms with Crippen molar-refractivity contribution < 1.29 is 37.9 Å². The molecule has 206 valence electrons. The number of nitrogens with one attached hydrogen (secondary N) is 2. The molecular formula is C23H27FN3O9PS. The lowest BCUT2D eigenvalue weighted by Gasteiger charge is -2.30. The predicted octanol–water partition coefficient (Wildman–Crippen LogP) is 0.548. The van der Waals surface area contributed by atoms with Gasteiger partial charge in [-0.05, 0) is 56.8 Å². The van der Waals surface area contributed by atoms with Gasteiger partial charge in [0.1, 0.15) is 29.8 Å². The average Bonchev–Trinajstić information content (AvgIpc) is 3.09. The molecular weight excluding hydrogens is 544 g/mol. The molecule has 1 aliphatic rings. The third kappa shape index (κ3) is 6.75. The second-order valence-electron chi connectivity index (χ2n) is 8.62. The van der Waals surface area contributed by atoms with E-state index in [4.69, 9.17) is 36.8 Å². The van der Waals surface area contributed by atoms with Crippen LogP contribution in [0.3, 0.4) is 0 Å². The number of terminal acetylenes is 1. The molecule has 1 aromatic carbocycles. The van der Waals surface area contributed by atoms with Crippen molar-refractivity contribution in [3.05, 3.63) is 63.2 Å². The summed E-state index contributed by atoms with van der Waals surface area (Å²) in [7, 11) is 0. The fourth-order valence-electron chi connectivity index (χ4n) is 3.46. The first-order valence-corrected chi connectivity index (χ1v) is 13.9. The van der Waals surface area contributed by atoms with Crippen molar-refractivity contribution >= 4 is 24.4 Å². The number of hydrogen-bond acceptors (Lipinski definition) is 10. The standard InChI is InChI=1S/C23H27FN3O9PS/c1-5-23(32)17(35-20(19(23)29)27-11-10-18(28)25-22(27)31)12-33-37(38,26-14(4)21(30)34-13(2)3)36-16-8-6-15(24)7-9-16/h1,6-11,13-14,17,19-20,29,32H,12H2,2-4H3,(H,26,38)(H,25,28,31). The summed E-state index contributed by atoms with van der Waals surface area (Å²) in [6.45, 7) is 0.581. The van der Waals surface area contributed by atoms with Crippen LogP contribution in [0.25, 0.3) is 0 Å². The van der Waals surface area contributed by atoms with Gasteiger partial charge in [-0.15, -0.1) is 6.42 Å². The minimum atomic E-state index is -3.65. The Hall–Kier alpha value is -2.89. The first kappa shape index (κ1) is 29.7. The van der Waals surface area contributed by atoms with Crippen molar-refractivity contribution in [1.82, 2.24) is 14.6 Å². The van der Waals surface area contributed by atoms with E-state index in [1.54, 1.807) is 13.8 Å². The summed E-state index contributed by atoms with van der Waals surface area (Å²) >= 11 is 5.57. The number of nitrogens with zero attached hydrogens (tertiary/aromatic N) is 1. The lowest BCUT2D eigenvalue weighted by atomic mass is 9.93. The van der Waals surface area contributed by atoms with E-state index >= 15 is 0 Å². The van der Waals surface area contributed by atoms with Gasteiger partial charge >= 0.3 is 18.3 Å². The van der Waals surface area contributed by atoms with Crippen molar-refractivity contribution in [2.75, 3.05) is 6.61 Å². The van der Waals surface area contributed by atoms with Crippen LogP contribution in [-0.4, -0.2) is 62.3 Å². The fourth-order valence-corrected chi connectivity index (χ4v) is 5.86. The molecule has 0 bridgehead atoms. The Morgan fingerprint density at radius 2 is 2.00 bits per heavy atom. The van der Waals surface area contributed by atoms with Gasteiger partial charge in [-0.25, -0.2) is 14.3 Å². The Balaban J connectivity index is 1.86. The van der Waals surface area contributed by atoms with E-state index in [1.165, 1.54) is 19.1 Å². The molecule has 0 saturated carbocycles. The third-order valence-corrected chi connectivity index (χ3v) is 7.86. The highest BCUT2D eigenvalue weighted by molar-refractivity contribution is 8.09. The monoisotopic (exact) mass is 571 g/mol. The number of ether oxygens (including phenoxy) is 2. The molecule has 2 aromatic rings. The van der Waals surface area contributed by atoms with E-state index in [9.17, 15) is 29.0 Å². The normalized spacial score (nSPS) is 25.4. The molecule has 1 aliphatic heterocycles. The highest BCUT2D eigenvalue weighted by Gasteiger charge is 2.56. The number of aromatic amines is 1. The molecule has 0 radical (unpaired) electrons. The van der Waals surface area contributed by atoms with Gasteiger partial charge in [0.05, 0.1) is 12.7 Å². The maximum Gasteiger partial charge on any atom is 0.330 e. The zero-order chi connectivity index (χ0) is 28.3. The van der Waals surface area contributed by atoms with E-state index in [2.05, 4.69) is 11.0 Å². The molecule has 4 N–H and O–H groups in total. The van der Waals surface area contributed by atoms with Crippen LogP contribution in [0.15, 0.2) is 46.1 Å². The topological polar surface area (TPSA) is 161 Å². The number of benzene rings is 1. The maximum absolute atomic E-state index is 13.4. The largest absolute Gasteiger partial charge is 0.462 e. The Morgan fingerprint density at radius 1 is 1.34 bits per heavy atom. The highest BCUT2D eigenvalue weighted by Crippen LogP contribution is 2.47.